The normalized spacial score (nSPS) is 18.4. The molecule has 3 heterocycles. The molecule has 0 bridgehead atoms. The number of fused-ring (bicyclic) bond motifs is 1. The molecule has 1 unspecified atom stereocenters. The van der Waals surface area contributed by atoms with Crippen molar-refractivity contribution in [2.24, 2.45) is 0 Å². The van der Waals surface area contributed by atoms with E-state index < -0.39 is 16.1 Å². The molecule has 2 aliphatic heterocycles. The number of nitrogens with zero attached hydrogens (tertiary/aromatic N) is 3. The van der Waals surface area contributed by atoms with Crippen molar-refractivity contribution in [3.05, 3.63) is 53.4 Å². The maximum atomic E-state index is 12.8. The summed E-state index contributed by atoms with van der Waals surface area (Å²) in [5, 5.41) is 5.00. The summed E-state index contributed by atoms with van der Waals surface area (Å²) in [4.78, 5) is 31.3. The number of benzene rings is 2. The number of rotatable bonds is 5. The number of carbonyl (C=O) groups is 2. The van der Waals surface area contributed by atoms with Gasteiger partial charge < -0.3 is 9.64 Å². The lowest BCUT2D eigenvalue weighted by atomic mass is 10.1. The quantitative estimate of drug-likeness (QED) is 0.539. The number of sulfonamides is 1. The number of likely N-dealkylation sites (N-methyl/N-ethyl adjacent to an activating group) is 1. The average Bonchev–Trinajstić information content (AvgIpc) is 3.36. The summed E-state index contributed by atoms with van der Waals surface area (Å²) in [7, 11) is -1.84. The van der Waals surface area contributed by atoms with Gasteiger partial charge in [0.25, 0.3) is 11.8 Å². The van der Waals surface area contributed by atoms with Gasteiger partial charge in [0.15, 0.2) is 11.2 Å². The smallest absolute Gasteiger partial charge is 0.267 e. The molecule has 1 atom stereocenters. The number of aromatic nitrogens is 1. The predicted octanol–water partition coefficient (Wildman–Crippen LogP) is 3.98. The van der Waals surface area contributed by atoms with Crippen LogP contribution in [0.1, 0.15) is 36.5 Å². The monoisotopic (exact) mass is 526 g/mol. The second kappa shape index (κ2) is 9.64. The van der Waals surface area contributed by atoms with Crippen LogP contribution in [0.4, 0.5) is 10.8 Å². The number of amides is 2. The van der Waals surface area contributed by atoms with Gasteiger partial charge in [0, 0.05) is 36.6 Å². The van der Waals surface area contributed by atoms with Crippen molar-refractivity contribution in [2.45, 2.75) is 37.2 Å². The van der Waals surface area contributed by atoms with Gasteiger partial charge in [-0.05, 0) is 62.2 Å². The largest absolute Gasteiger partial charge is 0.479 e. The average molecular weight is 527 g/mol. The van der Waals surface area contributed by atoms with E-state index in [9.17, 15) is 18.0 Å². The molecule has 1 fully saturated rings. The minimum atomic E-state index is -3.55. The summed E-state index contributed by atoms with van der Waals surface area (Å²) in [5.74, 6) is 0.124. The molecule has 0 aliphatic carbocycles. The summed E-state index contributed by atoms with van der Waals surface area (Å²) in [6.07, 6.45) is 2.24. The van der Waals surface area contributed by atoms with Crippen molar-refractivity contribution < 1.29 is 22.7 Å². The molecular formula is C25H26N4O5S2. The van der Waals surface area contributed by atoms with Crippen molar-refractivity contribution in [3.63, 3.8) is 0 Å². The van der Waals surface area contributed by atoms with Gasteiger partial charge in [-0.1, -0.05) is 6.42 Å². The van der Waals surface area contributed by atoms with E-state index in [4.69, 9.17) is 4.74 Å². The molecule has 9 nitrogen and oxygen atoms in total. The Morgan fingerprint density at radius 3 is 2.56 bits per heavy atom. The first-order valence-corrected chi connectivity index (χ1v) is 14.0. The minimum absolute atomic E-state index is 0.124. The van der Waals surface area contributed by atoms with Gasteiger partial charge in [-0.15, -0.1) is 11.3 Å². The zero-order chi connectivity index (χ0) is 25.4. The third-order valence-corrected chi connectivity index (χ3v) is 9.06. The van der Waals surface area contributed by atoms with E-state index in [1.807, 2.05) is 17.5 Å². The fraction of sp³-hybridized carbons (Fsp3) is 0.320. The second-order valence-corrected chi connectivity index (χ2v) is 11.6. The van der Waals surface area contributed by atoms with Crippen molar-refractivity contribution >= 4 is 44.0 Å². The summed E-state index contributed by atoms with van der Waals surface area (Å²) in [6.45, 7) is 2.77. The molecule has 1 N–H and O–H groups in total. The first kappa shape index (κ1) is 24.4. The Labute approximate surface area is 213 Å². The zero-order valence-corrected chi connectivity index (χ0v) is 21.6. The van der Waals surface area contributed by atoms with Crippen LogP contribution in [0.15, 0.2) is 52.7 Å². The van der Waals surface area contributed by atoms with Gasteiger partial charge in [-0.2, -0.15) is 4.31 Å². The Morgan fingerprint density at radius 1 is 1.11 bits per heavy atom. The van der Waals surface area contributed by atoms with Crippen LogP contribution < -0.4 is 15.0 Å². The highest BCUT2D eigenvalue weighted by Gasteiger charge is 2.29. The standard InChI is InChI=1S/C25H26N4O5S2/c1-16-24(31)28(2)21-14-18(8-11-22(21)34-16)20-15-35-25(26-20)27-23(30)17-6-9-19(10-7-17)36(32,33)29-12-4-3-5-13-29/h6-11,14-16H,3-5,12-13H2,1-2H3,(H,26,27,30). The number of piperidine rings is 1. The number of anilines is 2. The highest BCUT2D eigenvalue weighted by Crippen LogP contribution is 2.37. The van der Waals surface area contributed by atoms with Crippen LogP contribution in [0.5, 0.6) is 5.75 Å². The molecule has 0 radical (unpaired) electrons. The van der Waals surface area contributed by atoms with Crippen LogP contribution in [-0.2, 0) is 14.8 Å². The molecular weight excluding hydrogens is 500 g/mol. The first-order valence-electron chi connectivity index (χ1n) is 11.7. The van der Waals surface area contributed by atoms with Gasteiger partial charge in [0.05, 0.1) is 16.3 Å². The molecule has 0 spiro atoms. The van der Waals surface area contributed by atoms with Crippen molar-refractivity contribution in [1.29, 1.82) is 0 Å². The third kappa shape index (κ3) is 4.61. The van der Waals surface area contributed by atoms with Crippen molar-refractivity contribution in [3.8, 4) is 17.0 Å². The molecule has 1 aromatic heterocycles. The summed E-state index contributed by atoms with van der Waals surface area (Å²) in [5.41, 5.74) is 2.44. The van der Waals surface area contributed by atoms with Crippen LogP contribution in [0.3, 0.4) is 0 Å². The van der Waals surface area contributed by atoms with E-state index in [1.165, 1.54) is 39.9 Å². The number of ether oxygens (including phenoxy) is 1. The van der Waals surface area contributed by atoms with Crippen LogP contribution in [-0.4, -0.2) is 55.8 Å². The Bertz CT molecular complexity index is 1410. The van der Waals surface area contributed by atoms with Crippen LogP contribution in [0.2, 0.25) is 0 Å². The maximum Gasteiger partial charge on any atom is 0.267 e. The van der Waals surface area contributed by atoms with E-state index in [0.717, 1.165) is 24.8 Å². The van der Waals surface area contributed by atoms with E-state index in [2.05, 4.69) is 10.3 Å². The topological polar surface area (TPSA) is 109 Å². The molecule has 3 aromatic rings. The summed E-state index contributed by atoms with van der Waals surface area (Å²) >= 11 is 1.28. The minimum Gasteiger partial charge on any atom is -0.479 e. The van der Waals surface area contributed by atoms with Gasteiger partial charge in [-0.25, -0.2) is 13.4 Å². The number of nitrogens with one attached hydrogen (secondary N) is 1. The predicted molar refractivity (Wildman–Crippen MR) is 138 cm³/mol. The Balaban J connectivity index is 1.29. The molecule has 2 aliphatic rings. The van der Waals surface area contributed by atoms with Crippen LogP contribution in [0.25, 0.3) is 11.3 Å². The number of hydrogen-bond acceptors (Lipinski definition) is 7. The maximum absolute atomic E-state index is 12.8. The lowest BCUT2D eigenvalue weighted by Crippen LogP contribution is -2.41. The molecule has 188 valence electrons. The van der Waals surface area contributed by atoms with Crippen LogP contribution >= 0.6 is 11.3 Å². The number of carbonyl (C=O) groups excluding carboxylic acids is 2. The molecule has 5 rings (SSSR count). The molecule has 36 heavy (non-hydrogen) atoms. The highest BCUT2D eigenvalue weighted by molar-refractivity contribution is 7.89. The van der Waals surface area contributed by atoms with E-state index in [1.54, 1.807) is 24.9 Å². The SMILES string of the molecule is CC1Oc2ccc(-c3csc(NC(=O)c4ccc(S(=O)(=O)N5CCCCC5)cc4)n3)cc2N(C)C1=O. The van der Waals surface area contributed by atoms with Crippen LogP contribution in [0, 0.1) is 0 Å². The fourth-order valence-corrected chi connectivity index (χ4v) is 6.57. The summed E-state index contributed by atoms with van der Waals surface area (Å²) < 4.78 is 32.8. The molecule has 1 saturated heterocycles. The molecule has 2 aromatic carbocycles. The van der Waals surface area contributed by atoms with Crippen molar-refractivity contribution in [2.75, 3.05) is 30.4 Å². The molecule has 2 amide bonds. The van der Waals surface area contributed by atoms with Gasteiger partial charge >= 0.3 is 0 Å². The fourth-order valence-electron chi connectivity index (χ4n) is 4.34. The second-order valence-electron chi connectivity index (χ2n) is 8.82. The lowest BCUT2D eigenvalue weighted by molar-refractivity contribution is -0.125. The Kier molecular flexibility index (Phi) is 6.54. The summed E-state index contributed by atoms with van der Waals surface area (Å²) in [6, 6.07) is 11.5. The van der Waals surface area contributed by atoms with Crippen molar-refractivity contribution in [1.82, 2.24) is 9.29 Å². The third-order valence-electron chi connectivity index (χ3n) is 6.39. The van der Waals surface area contributed by atoms with E-state index >= 15 is 0 Å². The number of thiazole rings is 1. The van der Waals surface area contributed by atoms with Gasteiger partial charge in [0.2, 0.25) is 10.0 Å². The van der Waals surface area contributed by atoms with E-state index in [-0.39, 0.29) is 16.7 Å². The first-order chi connectivity index (χ1) is 17.2. The number of hydrogen-bond donors (Lipinski definition) is 1. The Hall–Kier alpha value is -3.28. The lowest BCUT2D eigenvalue weighted by Gasteiger charge is -2.30. The van der Waals surface area contributed by atoms with E-state index in [0.29, 0.717) is 40.9 Å². The van der Waals surface area contributed by atoms with Gasteiger partial charge in [-0.3, -0.25) is 14.9 Å². The Morgan fingerprint density at radius 2 is 1.83 bits per heavy atom. The van der Waals surface area contributed by atoms with Gasteiger partial charge in [0.1, 0.15) is 5.75 Å². The molecule has 0 saturated carbocycles. The zero-order valence-electron chi connectivity index (χ0n) is 19.9. The molecule has 11 heteroatoms. The highest BCUT2D eigenvalue weighted by atomic mass is 32.2.